The van der Waals surface area contributed by atoms with Gasteiger partial charge in [-0.25, -0.2) is 4.98 Å². The summed E-state index contributed by atoms with van der Waals surface area (Å²) in [7, 11) is 0. The maximum atomic E-state index is 6.06. The van der Waals surface area contributed by atoms with Crippen LogP contribution >= 0.6 is 23.2 Å². The number of imidazole rings is 1. The van der Waals surface area contributed by atoms with Crippen molar-refractivity contribution in [1.82, 2.24) is 9.55 Å². The predicted octanol–water partition coefficient (Wildman–Crippen LogP) is 3.73. The Kier molecular flexibility index (Phi) is 2.41. The topological polar surface area (TPSA) is 17.8 Å². The molecule has 0 saturated heterocycles. The number of fused-ring (bicyclic) bond motifs is 1. The van der Waals surface area contributed by atoms with E-state index >= 15 is 0 Å². The van der Waals surface area contributed by atoms with E-state index in [1.165, 1.54) is 11.1 Å². The van der Waals surface area contributed by atoms with Crippen LogP contribution in [0, 0.1) is 0 Å². The van der Waals surface area contributed by atoms with Crippen LogP contribution in [-0.2, 0) is 6.42 Å². The van der Waals surface area contributed by atoms with Crippen molar-refractivity contribution in [2.24, 2.45) is 0 Å². The third-order valence-corrected chi connectivity index (χ3v) is 3.84. The second-order valence-corrected chi connectivity index (χ2v) is 4.84. The quantitative estimate of drug-likeness (QED) is 0.757. The maximum Gasteiger partial charge on any atom is 0.0951 e. The summed E-state index contributed by atoms with van der Waals surface area (Å²) in [4.78, 5) is 4.08. The van der Waals surface area contributed by atoms with Crippen LogP contribution in [0.4, 0.5) is 0 Å². The van der Waals surface area contributed by atoms with Gasteiger partial charge in [-0.2, -0.15) is 0 Å². The molecule has 2 nitrogen and oxygen atoms in total. The summed E-state index contributed by atoms with van der Waals surface area (Å²) in [6, 6.07) is 4.32. The van der Waals surface area contributed by atoms with Crippen molar-refractivity contribution in [3.05, 3.63) is 52.0 Å². The third kappa shape index (κ3) is 1.53. The summed E-state index contributed by atoms with van der Waals surface area (Å²) < 4.78 is 2.12. The van der Waals surface area contributed by atoms with Crippen LogP contribution in [0.15, 0.2) is 30.9 Å². The minimum absolute atomic E-state index is 0.354. The summed E-state index contributed by atoms with van der Waals surface area (Å²) in [6.45, 7) is 0. The van der Waals surface area contributed by atoms with Crippen LogP contribution in [0.25, 0.3) is 0 Å². The number of rotatable bonds is 1. The summed E-state index contributed by atoms with van der Waals surface area (Å²) in [5.41, 5.74) is 2.57. The lowest BCUT2D eigenvalue weighted by Gasteiger charge is -2.13. The summed E-state index contributed by atoms with van der Waals surface area (Å²) in [6.07, 6.45) is 7.78. The van der Waals surface area contributed by atoms with Gasteiger partial charge in [-0.1, -0.05) is 23.2 Å². The van der Waals surface area contributed by atoms with E-state index in [4.69, 9.17) is 23.2 Å². The molecular formula is C12H10Cl2N2. The van der Waals surface area contributed by atoms with Crippen molar-refractivity contribution < 1.29 is 0 Å². The van der Waals surface area contributed by atoms with E-state index in [-0.39, 0.29) is 0 Å². The van der Waals surface area contributed by atoms with Crippen molar-refractivity contribution in [1.29, 1.82) is 0 Å². The lowest BCUT2D eigenvalue weighted by atomic mass is 10.1. The van der Waals surface area contributed by atoms with E-state index in [0.717, 1.165) is 12.8 Å². The van der Waals surface area contributed by atoms with Gasteiger partial charge in [-0.15, -0.1) is 0 Å². The van der Waals surface area contributed by atoms with Gasteiger partial charge < -0.3 is 4.57 Å². The van der Waals surface area contributed by atoms with E-state index in [9.17, 15) is 0 Å². The first-order valence-corrected chi connectivity index (χ1v) is 5.96. The van der Waals surface area contributed by atoms with Crippen LogP contribution in [0.2, 0.25) is 10.0 Å². The summed E-state index contributed by atoms with van der Waals surface area (Å²) in [5.74, 6) is 0. The van der Waals surface area contributed by atoms with Gasteiger partial charge in [0.2, 0.25) is 0 Å². The fourth-order valence-corrected chi connectivity index (χ4v) is 2.70. The largest absolute Gasteiger partial charge is 0.330 e. The standard InChI is InChI=1S/C12H10Cl2N2/c13-10-5-8-1-2-12(9(8)6-11(10)14)16-4-3-15-7-16/h3-7,12H,1-2H2. The van der Waals surface area contributed by atoms with Crippen LogP contribution in [0.3, 0.4) is 0 Å². The van der Waals surface area contributed by atoms with E-state index in [2.05, 4.69) is 9.55 Å². The molecule has 3 rings (SSSR count). The van der Waals surface area contributed by atoms with Crippen LogP contribution in [0.5, 0.6) is 0 Å². The number of hydrogen-bond donors (Lipinski definition) is 0. The molecule has 16 heavy (non-hydrogen) atoms. The summed E-state index contributed by atoms with van der Waals surface area (Å²) in [5, 5.41) is 1.28. The fraction of sp³-hybridized carbons (Fsp3) is 0.250. The number of aryl methyl sites for hydroxylation is 1. The highest BCUT2D eigenvalue weighted by molar-refractivity contribution is 6.42. The number of hydrogen-bond acceptors (Lipinski definition) is 1. The average molecular weight is 253 g/mol. The molecule has 82 valence electrons. The minimum Gasteiger partial charge on any atom is -0.330 e. The molecule has 1 aromatic carbocycles. The molecule has 0 fully saturated rings. The Bertz CT molecular complexity index is 520. The Labute approximate surface area is 104 Å². The molecule has 0 N–H and O–H groups in total. The molecule has 1 unspecified atom stereocenters. The second kappa shape index (κ2) is 3.79. The molecule has 0 bridgehead atoms. The van der Waals surface area contributed by atoms with Gasteiger partial charge in [0, 0.05) is 12.4 Å². The fourth-order valence-electron chi connectivity index (χ4n) is 2.34. The lowest BCUT2D eigenvalue weighted by Crippen LogP contribution is -2.04. The molecule has 0 amide bonds. The van der Waals surface area contributed by atoms with E-state index in [0.29, 0.717) is 16.1 Å². The zero-order valence-corrected chi connectivity index (χ0v) is 10.0. The highest BCUT2D eigenvalue weighted by Gasteiger charge is 2.24. The number of halogens is 2. The Hall–Kier alpha value is -0.990. The van der Waals surface area contributed by atoms with Gasteiger partial charge in [0.1, 0.15) is 0 Å². The third-order valence-electron chi connectivity index (χ3n) is 3.11. The normalized spacial score (nSPS) is 18.8. The zero-order valence-electron chi connectivity index (χ0n) is 8.53. The van der Waals surface area contributed by atoms with Crippen molar-refractivity contribution in [2.45, 2.75) is 18.9 Å². The first-order valence-electron chi connectivity index (χ1n) is 5.21. The van der Waals surface area contributed by atoms with Gasteiger partial charge in [0.25, 0.3) is 0 Å². The molecule has 1 aliphatic carbocycles. The Morgan fingerprint density at radius 3 is 2.81 bits per heavy atom. The van der Waals surface area contributed by atoms with Gasteiger partial charge >= 0.3 is 0 Å². The van der Waals surface area contributed by atoms with Crippen molar-refractivity contribution in [3.63, 3.8) is 0 Å². The lowest BCUT2D eigenvalue weighted by molar-refractivity contribution is 0.579. The molecular weight excluding hydrogens is 243 g/mol. The number of benzene rings is 1. The number of nitrogens with zero attached hydrogens (tertiary/aromatic N) is 2. The smallest absolute Gasteiger partial charge is 0.0951 e. The zero-order chi connectivity index (χ0) is 11.1. The van der Waals surface area contributed by atoms with Crippen molar-refractivity contribution >= 4 is 23.2 Å². The molecule has 0 radical (unpaired) electrons. The summed E-state index contributed by atoms with van der Waals surface area (Å²) >= 11 is 12.1. The molecule has 4 heteroatoms. The van der Waals surface area contributed by atoms with Gasteiger partial charge in [0.15, 0.2) is 0 Å². The Balaban J connectivity index is 2.09. The predicted molar refractivity (Wildman–Crippen MR) is 65.1 cm³/mol. The van der Waals surface area contributed by atoms with Gasteiger partial charge in [-0.05, 0) is 36.1 Å². The molecule has 0 saturated carbocycles. The first kappa shape index (κ1) is 10.2. The molecule has 1 aliphatic rings. The second-order valence-electron chi connectivity index (χ2n) is 4.03. The van der Waals surface area contributed by atoms with Crippen molar-refractivity contribution in [2.75, 3.05) is 0 Å². The highest BCUT2D eigenvalue weighted by atomic mass is 35.5. The van der Waals surface area contributed by atoms with Crippen molar-refractivity contribution in [3.8, 4) is 0 Å². The average Bonchev–Trinajstić information content (AvgIpc) is 2.87. The monoisotopic (exact) mass is 252 g/mol. The van der Waals surface area contributed by atoms with Gasteiger partial charge in [0.05, 0.1) is 22.4 Å². The van der Waals surface area contributed by atoms with Gasteiger partial charge in [-0.3, -0.25) is 0 Å². The highest BCUT2D eigenvalue weighted by Crippen LogP contribution is 2.38. The van der Waals surface area contributed by atoms with Crippen LogP contribution < -0.4 is 0 Å². The van der Waals surface area contributed by atoms with E-state index in [1.807, 2.05) is 24.7 Å². The molecule has 0 spiro atoms. The molecule has 1 atom stereocenters. The number of aromatic nitrogens is 2. The van der Waals surface area contributed by atoms with Crippen LogP contribution in [0.1, 0.15) is 23.6 Å². The Morgan fingerprint density at radius 2 is 2.06 bits per heavy atom. The maximum absolute atomic E-state index is 6.06. The Morgan fingerprint density at radius 1 is 1.25 bits per heavy atom. The van der Waals surface area contributed by atoms with Crippen LogP contribution in [-0.4, -0.2) is 9.55 Å². The first-order chi connectivity index (χ1) is 7.75. The molecule has 2 aromatic rings. The molecule has 1 heterocycles. The molecule has 1 aromatic heterocycles. The van der Waals surface area contributed by atoms with E-state index < -0.39 is 0 Å². The molecule has 0 aliphatic heterocycles. The van der Waals surface area contributed by atoms with E-state index in [1.54, 1.807) is 6.20 Å². The minimum atomic E-state index is 0.354. The SMILES string of the molecule is Clc1cc2c(cc1Cl)C(n1ccnc1)CC2.